The lowest BCUT2D eigenvalue weighted by atomic mass is 9.80. The third-order valence-electron chi connectivity index (χ3n) is 3.21. The number of benzene rings is 1. The Balaban J connectivity index is 2.07. The Hall–Kier alpha value is -1.79. The van der Waals surface area contributed by atoms with E-state index < -0.39 is 11.4 Å². The van der Waals surface area contributed by atoms with Crippen LogP contribution in [0.15, 0.2) is 30.3 Å². The van der Waals surface area contributed by atoms with Gasteiger partial charge in [0, 0.05) is 18.6 Å². The fourth-order valence-electron chi connectivity index (χ4n) is 2.07. The lowest BCUT2D eigenvalue weighted by Gasteiger charge is -2.31. The lowest BCUT2D eigenvalue weighted by Crippen LogP contribution is -2.39. The van der Waals surface area contributed by atoms with Gasteiger partial charge in [0.05, 0.1) is 6.61 Å². The van der Waals surface area contributed by atoms with E-state index in [1.165, 1.54) is 0 Å². The molecule has 3 heteroatoms. The van der Waals surface area contributed by atoms with E-state index in [1.807, 2.05) is 30.3 Å². The van der Waals surface area contributed by atoms with Crippen LogP contribution in [0.3, 0.4) is 0 Å². The molecular formula is C15H16O3. The summed E-state index contributed by atoms with van der Waals surface area (Å²) in [5.74, 6) is 5.18. The fraction of sp³-hybridized carbons (Fsp3) is 0.400. The average molecular weight is 244 g/mol. The van der Waals surface area contributed by atoms with Crippen LogP contribution in [0.4, 0.5) is 0 Å². The molecule has 2 rings (SSSR count). The number of aliphatic carboxylic acids is 1. The molecule has 1 unspecified atom stereocenters. The van der Waals surface area contributed by atoms with Crippen LogP contribution in [0.5, 0.6) is 0 Å². The van der Waals surface area contributed by atoms with Gasteiger partial charge in [0.15, 0.2) is 0 Å². The van der Waals surface area contributed by atoms with E-state index in [1.54, 1.807) is 0 Å². The van der Waals surface area contributed by atoms with Gasteiger partial charge in [-0.15, -0.1) is 0 Å². The Morgan fingerprint density at radius 2 is 2.17 bits per heavy atom. The Morgan fingerprint density at radius 1 is 1.39 bits per heavy atom. The van der Waals surface area contributed by atoms with Crippen LogP contribution in [0.25, 0.3) is 0 Å². The summed E-state index contributed by atoms with van der Waals surface area (Å²) in [5.41, 5.74) is 0.0924. The third-order valence-corrected chi connectivity index (χ3v) is 3.21. The summed E-state index contributed by atoms with van der Waals surface area (Å²) in [5, 5.41) is 9.34. The first kappa shape index (κ1) is 12.7. The summed E-state index contributed by atoms with van der Waals surface area (Å²) in [6.45, 7) is 0.924. The second kappa shape index (κ2) is 5.70. The van der Waals surface area contributed by atoms with Gasteiger partial charge in [-0.25, -0.2) is 0 Å². The first-order chi connectivity index (χ1) is 8.73. The normalized spacial score (nSPS) is 22.9. The molecule has 1 atom stereocenters. The van der Waals surface area contributed by atoms with Crippen molar-refractivity contribution in [3.8, 4) is 11.8 Å². The maximum atomic E-state index is 11.4. The highest BCUT2D eigenvalue weighted by Gasteiger charge is 2.39. The van der Waals surface area contributed by atoms with Gasteiger partial charge in [0.1, 0.15) is 5.41 Å². The zero-order chi connectivity index (χ0) is 12.8. The minimum atomic E-state index is -0.819. The average Bonchev–Trinajstić information content (AvgIpc) is 2.41. The van der Waals surface area contributed by atoms with Crippen molar-refractivity contribution in [2.45, 2.75) is 19.3 Å². The third kappa shape index (κ3) is 2.91. The van der Waals surface area contributed by atoms with Crippen molar-refractivity contribution in [3.05, 3.63) is 35.9 Å². The van der Waals surface area contributed by atoms with Crippen LogP contribution in [-0.4, -0.2) is 24.3 Å². The second-order valence-corrected chi connectivity index (χ2v) is 4.59. The van der Waals surface area contributed by atoms with Crippen LogP contribution in [0.2, 0.25) is 0 Å². The molecule has 1 fully saturated rings. The van der Waals surface area contributed by atoms with Crippen molar-refractivity contribution in [1.82, 2.24) is 0 Å². The van der Waals surface area contributed by atoms with Crippen LogP contribution >= 0.6 is 0 Å². The number of carbonyl (C=O) groups is 1. The molecule has 1 aromatic rings. The summed E-state index contributed by atoms with van der Waals surface area (Å²) in [6.07, 6.45) is 1.78. The van der Waals surface area contributed by atoms with E-state index in [9.17, 15) is 9.90 Å². The number of ether oxygens (including phenoxy) is 1. The highest BCUT2D eigenvalue weighted by molar-refractivity contribution is 5.75. The molecule has 3 nitrogen and oxygen atoms in total. The highest BCUT2D eigenvalue weighted by Crippen LogP contribution is 2.32. The Kier molecular flexibility index (Phi) is 4.01. The topological polar surface area (TPSA) is 46.5 Å². The van der Waals surface area contributed by atoms with Crippen molar-refractivity contribution < 1.29 is 14.6 Å². The van der Waals surface area contributed by atoms with Gasteiger partial charge in [-0.3, -0.25) is 4.79 Å². The number of rotatable bonds is 2. The predicted octanol–water partition coefficient (Wildman–Crippen LogP) is 2.31. The molecule has 18 heavy (non-hydrogen) atoms. The quantitative estimate of drug-likeness (QED) is 0.812. The molecule has 0 aliphatic carbocycles. The largest absolute Gasteiger partial charge is 0.481 e. The molecule has 0 amide bonds. The zero-order valence-corrected chi connectivity index (χ0v) is 10.2. The van der Waals surface area contributed by atoms with E-state index in [4.69, 9.17) is 4.74 Å². The monoisotopic (exact) mass is 244 g/mol. The minimum absolute atomic E-state index is 0.270. The van der Waals surface area contributed by atoms with Crippen molar-refractivity contribution in [1.29, 1.82) is 0 Å². The standard InChI is InChI=1S/C15H16O3/c16-14(17)15(10-5-11-18-12-15)9-4-8-13-6-2-1-3-7-13/h1-3,6-7H,5,9-12H2,(H,16,17). The van der Waals surface area contributed by atoms with E-state index in [0.717, 1.165) is 12.0 Å². The summed E-state index contributed by atoms with van der Waals surface area (Å²) in [6, 6.07) is 9.59. The molecule has 0 aromatic heterocycles. The molecule has 0 spiro atoms. The Morgan fingerprint density at radius 3 is 2.78 bits per heavy atom. The molecule has 1 aliphatic heterocycles. The van der Waals surface area contributed by atoms with Crippen LogP contribution in [-0.2, 0) is 9.53 Å². The van der Waals surface area contributed by atoms with Gasteiger partial charge in [-0.2, -0.15) is 0 Å². The first-order valence-corrected chi connectivity index (χ1v) is 6.08. The molecule has 1 saturated heterocycles. The second-order valence-electron chi connectivity index (χ2n) is 4.59. The molecule has 1 aliphatic rings. The van der Waals surface area contributed by atoms with Gasteiger partial charge in [0.25, 0.3) is 0 Å². The van der Waals surface area contributed by atoms with Gasteiger partial charge in [-0.1, -0.05) is 30.0 Å². The summed E-state index contributed by atoms with van der Waals surface area (Å²) >= 11 is 0. The van der Waals surface area contributed by atoms with Gasteiger partial charge >= 0.3 is 5.97 Å². The van der Waals surface area contributed by atoms with Crippen molar-refractivity contribution in [2.75, 3.05) is 13.2 Å². The Bertz CT molecular complexity index is 462. The molecule has 0 bridgehead atoms. The van der Waals surface area contributed by atoms with Crippen LogP contribution < -0.4 is 0 Å². The predicted molar refractivity (Wildman–Crippen MR) is 68.1 cm³/mol. The van der Waals surface area contributed by atoms with Gasteiger partial charge in [-0.05, 0) is 25.0 Å². The van der Waals surface area contributed by atoms with E-state index in [2.05, 4.69) is 11.8 Å². The van der Waals surface area contributed by atoms with Crippen molar-refractivity contribution >= 4 is 5.97 Å². The minimum Gasteiger partial charge on any atom is -0.481 e. The number of carboxylic acid groups (broad SMARTS) is 1. The summed E-state index contributed by atoms with van der Waals surface area (Å²) < 4.78 is 5.30. The lowest BCUT2D eigenvalue weighted by molar-refractivity contribution is -0.156. The molecule has 0 saturated carbocycles. The highest BCUT2D eigenvalue weighted by atomic mass is 16.5. The maximum Gasteiger partial charge on any atom is 0.312 e. The van der Waals surface area contributed by atoms with Crippen molar-refractivity contribution in [3.63, 3.8) is 0 Å². The molecule has 1 heterocycles. The molecule has 94 valence electrons. The first-order valence-electron chi connectivity index (χ1n) is 6.08. The number of carboxylic acids is 1. The number of hydrogen-bond acceptors (Lipinski definition) is 2. The summed E-state index contributed by atoms with van der Waals surface area (Å²) in [7, 11) is 0. The molecular weight excluding hydrogens is 228 g/mol. The Labute approximate surface area is 107 Å². The zero-order valence-electron chi connectivity index (χ0n) is 10.2. The SMILES string of the molecule is O=C(O)C1(CC#Cc2ccccc2)CCCOC1. The van der Waals surface area contributed by atoms with Gasteiger partial charge < -0.3 is 9.84 Å². The fourth-order valence-corrected chi connectivity index (χ4v) is 2.07. The summed E-state index contributed by atoms with van der Waals surface area (Å²) in [4.78, 5) is 11.4. The van der Waals surface area contributed by atoms with E-state index >= 15 is 0 Å². The van der Waals surface area contributed by atoms with Crippen LogP contribution in [0.1, 0.15) is 24.8 Å². The van der Waals surface area contributed by atoms with Crippen LogP contribution in [0, 0.1) is 17.3 Å². The van der Waals surface area contributed by atoms with E-state index in [-0.39, 0.29) is 6.61 Å². The number of hydrogen-bond donors (Lipinski definition) is 1. The van der Waals surface area contributed by atoms with Crippen molar-refractivity contribution in [2.24, 2.45) is 5.41 Å². The smallest absolute Gasteiger partial charge is 0.312 e. The maximum absolute atomic E-state index is 11.4. The van der Waals surface area contributed by atoms with Gasteiger partial charge in [0.2, 0.25) is 0 Å². The molecule has 1 N–H and O–H groups in total. The molecule has 1 aromatic carbocycles. The van der Waals surface area contributed by atoms with E-state index in [0.29, 0.717) is 19.4 Å². The molecule has 0 radical (unpaired) electrons.